The van der Waals surface area contributed by atoms with Gasteiger partial charge in [-0.25, -0.2) is 9.18 Å². The average Bonchev–Trinajstić information content (AvgIpc) is 2.34. The first-order chi connectivity index (χ1) is 8.58. The Morgan fingerprint density at radius 2 is 1.83 bits per heavy atom. The van der Waals surface area contributed by atoms with Crippen molar-refractivity contribution in [1.29, 1.82) is 0 Å². The minimum absolute atomic E-state index is 0.0196. The van der Waals surface area contributed by atoms with Crippen LogP contribution in [0, 0.1) is 12.7 Å². The van der Waals surface area contributed by atoms with Gasteiger partial charge >= 0.3 is 5.97 Å². The van der Waals surface area contributed by atoms with Gasteiger partial charge in [0.05, 0.1) is 11.3 Å². The molecule has 0 amide bonds. The summed E-state index contributed by atoms with van der Waals surface area (Å²) in [6.07, 6.45) is 0. The Morgan fingerprint density at radius 1 is 1.17 bits per heavy atom. The van der Waals surface area contributed by atoms with Crippen molar-refractivity contribution in [1.82, 2.24) is 0 Å². The molecule has 0 saturated carbocycles. The lowest BCUT2D eigenvalue weighted by atomic mass is 10.1. The van der Waals surface area contributed by atoms with Gasteiger partial charge in [-0.3, -0.25) is 0 Å². The van der Waals surface area contributed by atoms with Crippen molar-refractivity contribution in [3.63, 3.8) is 0 Å². The van der Waals surface area contributed by atoms with Gasteiger partial charge < -0.3 is 10.4 Å². The molecule has 0 saturated heterocycles. The maximum Gasteiger partial charge on any atom is 0.337 e. The second-order valence-electron chi connectivity index (χ2n) is 3.96. The number of hydrogen-bond acceptors (Lipinski definition) is 2. The Hall–Kier alpha value is -2.36. The van der Waals surface area contributed by atoms with Crippen LogP contribution in [0.2, 0.25) is 0 Å². The van der Waals surface area contributed by atoms with Crippen molar-refractivity contribution in [2.75, 3.05) is 5.32 Å². The van der Waals surface area contributed by atoms with E-state index in [-0.39, 0.29) is 11.3 Å². The van der Waals surface area contributed by atoms with E-state index >= 15 is 0 Å². The number of anilines is 2. The molecule has 0 radical (unpaired) electrons. The number of rotatable bonds is 3. The molecule has 2 aromatic rings. The van der Waals surface area contributed by atoms with Crippen LogP contribution in [0.5, 0.6) is 0 Å². The van der Waals surface area contributed by atoms with E-state index in [4.69, 9.17) is 5.11 Å². The van der Waals surface area contributed by atoms with Gasteiger partial charge in [0.15, 0.2) is 0 Å². The van der Waals surface area contributed by atoms with Gasteiger partial charge in [-0.05, 0) is 31.2 Å². The number of benzene rings is 2. The van der Waals surface area contributed by atoms with Crippen molar-refractivity contribution in [2.24, 2.45) is 0 Å². The van der Waals surface area contributed by atoms with E-state index in [9.17, 15) is 9.18 Å². The van der Waals surface area contributed by atoms with Crippen molar-refractivity contribution in [2.45, 2.75) is 6.92 Å². The van der Waals surface area contributed by atoms with E-state index < -0.39 is 11.8 Å². The van der Waals surface area contributed by atoms with Gasteiger partial charge in [0.25, 0.3) is 0 Å². The minimum atomic E-state index is -1.16. The van der Waals surface area contributed by atoms with E-state index in [1.54, 1.807) is 12.1 Å². The fourth-order valence-corrected chi connectivity index (χ4v) is 1.61. The second kappa shape index (κ2) is 4.87. The molecule has 0 heterocycles. The quantitative estimate of drug-likeness (QED) is 0.869. The Bertz CT molecular complexity index is 579. The molecule has 18 heavy (non-hydrogen) atoms. The molecule has 2 N–H and O–H groups in total. The van der Waals surface area contributed by atoms with Crippen LogP contribution in [0.25, 0.3) is 0 Å². The Kier molecular flexibility index (Phi) is 3.28. The van der Waals surface area contributed by atoms with E-state index in [0.717, 1.165) is 5.56 Å². The van der Waals surface area contributed by atoms with Crippen LogP contribution in [0.15, 0.2) is 42.5 Å². The lowest BCUT2D eigenvalue weighted by Gasteiger charge is -2.10. The van der Waals surface area contributed by atoms with Crippen LogP contribution >= 0.6 is 0 Å². The molecule has 0 aromatic heterocycles. The van der Waals surface area contributed by atoms with Gasteiger partial charge in [-0.1, -0.05) is 23.8 Å². The van der Waals surface area contributed by atoms with Crippen molar-refractivity contribution < 1.29 is 14.3 Å². The predicted molar refractivity (Wildman–Crippen MR) is 67.8 cm³/mol. The SMILES string of the molecule is Cc1ccc(Nc2c(F)cccc2C(=O)O)cc1. The summed E-state index contributed by atoms with van der Waals surface area (Å²) in [6, 6.07) is 11.2. The van der Waals surface area contributed by atoms with Gasteiger partial charge in [0.2, 0.25) is 0 Å². The zero-order valence-electron chi connectivity index (χ0n) is 9.77. The normalized spacial score (nSPS) is 10.1. The first-order valence-electron chi connectivity index (χ1n) is 5.43. The second-order valence-corrected chi connectivity index (χ2v) is 3.96. The molecule has 0 aliphatic rings. The first kappa shape index (κ1) is 12.1. The zero-order chi connectivity index (χ0) is 13.1. The highest BCUT2D eigenvalue weighted by molar-refractivity contribution is 5.95. The molecule has 0 unspecified atom stereocenters. The summed E-state index contributed by atoms with van der Waals surface area (Å²) < 4.78 is 13.6. The van der Waals surface area contributed by atoms with Crippen LogP contribution in [-0.4, -0.2) is 11.1 Å². The van der Waals surface area contributed by atoms with Crippen LogP contribution in [-0.2, 0) is 0 Å². The first-order valence-corrected chi connectivity index (χ1v) is 5.43. The lowest BCUT2D eigenvalue weighted by molar-refractivity contribution is 0.0697. The molecular formula is C14H12FNO2. The van der Waals surface area contributed by atoms with Crippen LogP contribution < -0.4 is 5.32 Å². The molecule has 0 spiro atoms. The molecule has 0 bridgehead atoms. The maximum atomic E-state index is 13.6. The summed E-state index contributed by atoms with van der Waals surface area (Å²) in [5.41, 5.74) is 1.62. The Morgan fingerprint density at radius 3 is 2.44 bits per heavy atom. The summed E-state index contributed by atoms with van der Waals surface area (Å²) in [5, 5.41) is 11.8. The maximum absolute atomic E-state index is 13.6. The average molecular weight is 245 g/mol. The fourth-order valence-electron chi connectivity index (χ4n) is 1.61. The lowest BCUT2D eigenvalue weighted by Crippen LogP contribution is -2.04. The van der Waals surface area contributed by atoms with Gasteiger partial charge in [0, 0.05) is 5.69 Å². The monoisotopic (exact) mass is 245 g/mol. The third kappa shape index (κ3) is 2.48. The predicted octanol–water partition coefficient (Wildman–Crippen LogP) is 3.58. The van der Waals surface area contributed by atoms with Crippen molar-refractivity contribution in [3.8, 4) is 0 Å². The largest absolute Gasteiger partial charge is 0.478 e. The van der Waals surface area contributed by atoms with Crippen molar-refractivity contribution >= 4 is 17.3 Å². The smallest absolute Gasteiger partial charge is 0.337 e. The van der Waals surface area contributed by atoms with Gasteiger partial charge in [-0.15, -0.1) is 0 Å². The number of aromatic carboxylic acids is 1. The van der Waals surface area contributed by atoms with Crippen LogP contribution in [0.4, 0.5) is 15.8 Å². The highest BCUT2D eigenvalue weighted by atomic mass is 19.1. The van der Waals surface area contributed by atoms with E-state index in [0.29, 0.717) is 5.69 Å². The molecule has 0 fully saturated rings. The Balaban J connectivity index is 2.39. The van der Waals surface area contributed by atoms with E-state index in [1.807, 2.05) is 19.1 Å². The van der Waals surface area contributed by atoms with E-state index in [1.165, 1.54) is 18.2 Å². The number of carbonyl (C=O) groups is 1. The molecule has 0 aliphatic carbocycles. The molecule has 0 atom stereocenters. The van der Waals surface area contributed by atoms with Gasteiger partial charge in [-0.2, -0.15) is 0 Å². The molecule has 0 aliphatic heterocycles. The molecule has 4 heteroatoms. The Labute approximate surface area is 104 Å². The molecule has 2 aromatic carbocycles. The number of nitrogens with one attached hydrogen (secondary N) is 1. The zero-order valence-corrected chi connectivity index (χ0v) is 9.77. The number of aryl methyl sites for hydroxylation is 1. The van der Waals surface area contributed by atoms with Crippen LogP contribution in [0.1, 0.15) is 15.9 Å². The molecule has 3 nitrogen and oxygen atoms in total. The third-order valence-electron chi connectivity index (χ3n) is 2.56. The summed E-state index contributed by atoms with van der Waals surface area (Å²) in [4.78, 5) is 11.0. The highest BCUT2D eigenvalue weighted by Crippen LogP contribution is 2.24. The van der Waals surface area contributed by atoms with Gasteiger partial charge in [0.1, 0.15) is 5.82 Å². The number of hydrogen-bond donors (Lipinski definition) is 2. The number of carboxylic acids is 1. The number of carboxylic acid groups (broad SMARTS) is 1. The van der Waals surface area contributed by atoms with E-state index in [2.05, 4.69) is 5.32 Å². The summed E-state index contributed by atoms with van der Waals surface area (Å²) in [5.74, 6) is -1.75. The molecule has 2 rings (SSSR count). The number of halogens is 1. The summed E-state index contributed by atoms with van der Waals surface area (Å²) in [6.45, 7) is 1.94. The topological polar surface area (TPSA) is 49.3 Å². The third-order valence-corrected chi connectivity index (χ3v) is 2.56. The fraction of sp³-hybridized carbons (Fsp3) is 0.0714. The number of para-hydroxylation sites is 1. The standard InChI is InChI=1S/C14H12FNO2/c1-9-5-7-10(8-6-9)16-13-11(14(17)18)3-2-4-12(13)15/h2-8,16H,1H3,(H,17,18). The minimum Gasteiger partial charge on any atom is -0.478 e. The summed E-state index contributed by atoms with van der Waals surface area (Å²) >= 11 is 0. The van der Waals surface area contributed by atoms with Crippen LogP contribution in [0.3, 0.4) is 0 Å². The molecule has 92 valence electrons. The molecular weight excluding hydrogens is 233 g/mol. The van der Waals surface area contributed by atoms with Crippen molar-refractivity contribution in [3.05, 3.63) is 59.4 Å². The highest BCUT2D eigenvalue weighted by Gasteiger charge is 2.14. The summed E-state index contributed by atoms with van der Waals surface area (Å²) in [7, 11) is 0.